The van der Waals surface area contributed by atoms with E-state index >= 15 is 0 Å². The van der Waals surface area contributed by atoms with Gasteiger partial charge in [-0.05, 0) is 32.0 Å². The molecule has 0 aliphatic heterocycles. The first kappa shape index (κ1) is 12.6. The number of nitrogens with zero attached hydrogens (tertiary/aromatic N) is 2. The van der Waals surface area contributed by atoms with E-state index in [1.807, 2.05) is 19.9 Å². The molecule has 0 atom stereocenters. The van der Waals surface area contributed by atoms with E-state index < -0.39 is 0 Å². The van der Waals surface area contributed by atoms with E-state index in [9.17, 15) is 0 Å². The highest BCUT2D eigenvalue weighted by molar-refractivity contribution is 6.30. The maximum absolute atomic E-state index is 6.01. The Morgan fingerprint density at radius 1 is 1.22 bits per heavy atom. The second kappa shape index (κ2) is 5.23. The summed E-state index contributed by atoms with van der Waals surface area (Å²) in [6.45, 7) is 3.93. The third kappa shape index (κ3) is 2.90. The van der Waals surface area contributed by atoms with Gasteiger partial charge in [0.2, 0.25) is 0 Å². The molecule has 2 N–H and O–H groups in total. The molecule has 0 fully saturated rings. The number of anilines is 1. The summed E-state index contributed by atoms with van der Waals surface area (Å²) in [7, 11) is 0. The Hall–Kier alpha value is -1.81. The molecule has 0 radical (unpaired) electrons. The summed E-state index contributed by atoms with van der Waals surface area (Å²) in [5.74, 6) is 1.14. The van der Waals surface area contributed by atoms with Crippen LogP contribution in [-0.2, 0) is 0 Å². The van der Waals surface area contributed by atoms with Gasteiger partial charge < -0.3 is 10.5 Å². The third-order valence-electron chi connectivity index (χ3n) is 2.27. The zero-order valence-electron chi connectivity index (χ0n) is 10.2. The van der Waals surface area contributed by atoms with Crippen LogP contribution < -0.4 is 10.5 Å². The van der Waals surface area contributed by atoms with Crippen LogP contribution in [0, 0.1) is 0 Å². The highest BCUT2D eigenvalue weighted by Crippen LogP contribution is 2.32. The molecule has 0 aliphatic carbocycles. The molecule has 0 spiro atoms. The molecule has 0 unspecified atom stereocenters. The Balaban J connectivity index is 2.50. The molecule has 0 saturated carbocycles. The third-order valence-corrected chi connectivity index (χ3v) is 2.50. The largest absolute Gasteiger partial charge is 0.490 e. The van der Waals surface area contributed by atoms with Crippen LogP contribution in [0.25, 0.3) is 11.3 Å². The molecule has 18 heavy (non-hydrogen) atoms. The summed E-state index contributed by atoms with van der Waals surface area (Å²) in [6.07, 6.45) is 1.49. The molecule has 2 aromatic rings. The van der Waals surface area contributed by atoms with E-state index in [2.05, 4.69) is 9.97 Å². The molecule has 0 bridgehead atoms. The van der Waals surface area contributed by atoms with Crippen molar-refractivity contribution >= 4 is 17.4 Å². The van der Waals surface area contributed by atoms with Crippen LogP contribution in [0.5, 0.6) is 5.75 Å². The molecule has 0 amide bonds. The molecule has 1 aromatic carbocycles. The van der Waals surface area contributed by atoms with Gasteiger partial charge in [0.1, 0.15) is 17.9 Å². The van der Waals surface area contributed by atoms with Crippen molar-refractivity contribution in [3.8, 4) is 17.0 Å². The number of halogens is 1. The lowest BCUT2D eigenvalue weighted by atomic mass is 10.1. The van der Waals surface area contributed by atoms with E-state index in [-0.39, 0.29) is 6.10 Å². The first-order valence-electron chi connectivity index (χ1n) is 5.60. The van der Waals surface area contributed by atoms with Crippen LogP contribution in [0.3, 0.4) is 0 Å². The van der Waals surface area contributed by atoms with Gasteiger partial charge in [0.15, 0.2) is 0 Å². The van der Waals surface area contributed by atoms with Crippen LogP contribution in [0.4, 0.5) is 5.82 Å². The molecule has 4 nitrogen and oxygen atoms in total. The van der Waals surface area contributed by atoms with E-state index in [0.29, 0.717) is 16.5 Å². The van der Waals surface area contributed by atoms with Gasteiger partial charge in [-0.2, -0.15) is 0 Å². The van der Waals surface area contributed by atoms with Crippen LogP contribution in [0.2, 0.25) is 5.02 Å². The predicted octanol–water partition coefficient (Wildman–Crippen LogP) is 3.17. The van der Waals surface area contributed by atoms with Crippen LogP contribution in [0.15, 0.2) is 30.6 Å². The zero-order valence-corrected chi connectivity index (χ0v) is 11.0. The minimum atomic E-state index is 0.0732. The van der Waals surface area contributed by atoms with Gasteiger partial charge in [0.25, 0.3) is 0 Å². The van der Waals surface area contributed by atoms with Gasteiger partial charge in [-0.15, -0.1) is 0 Å². The molecule has 2 rings (SSSR count). The molecule has 5 heteroatoms. The highest BCUT2D eigenvalue weighted by Gasteiger charge is 2.10. The Morgan fingerprint density at radius 2 is 2.00 bits per heavy atom. The molecule has 1 aromatic heterocycles. The van der Waals surface area contributed by atoms with Crippen molar-refractivity contribution in [2.75, 3.05) is 5.73 Å². The summed E-state index contributed by atoms with van der Waals surface area (Å²) in [5.41, 5.74) is 7.17. The lowest BCUT2D eigenvalue weighted by Crippen LogP contribution is -2.06. The fourth-order valence-corrected chi connectivity index (χ4v) is 1.75. The van der Waals surface area contributed by atoms with Gasteiger partial charge in [0.05, 0.1) is 11.8 Å². The predicted molar refractivity (Wildman–Crippen MR) is 72.7 cm³/mol. The first-order chi connectivity index (χ1) is 8.56. The van der Waals surface area contributed by atoms with Crippen LogP contribution in [0.1, 0.15) is 13.8 Å². The molecule has 94 valence electrons. The van der Waals surface area contributed by atoms with Crippen LogP contribution in [-0.4, -0.2) is 16.1 Å². The smallest absolute Gasteiger partial charge is 0.129 e. The quantitative estimate of drug-likeness (QED) is 0.924. The van der Waals surface area contributed by atoms with Gasteiger partial charge in [-0.1, -0.05) is 11.6 Å². The van der Waals surface area contributed by atoms with E-state index in [0.717, 1.165) is 11.3 Å². The van der Waals surface area contributed by atoms with Gasteiger partial charge in [-0.25, -0.2) is 9.97 Å². The van der Waals surface area contributed by atoms with Crippen molar-refractivity contribution in [3.05, 3.63) is 35.6 Å². The first-order valence-corrected chi connectivity index (χ1v) is 5.98. The minimum Gasteiger partial charge on any atom is -0.490 e. The summed E-state index contributed by atoms with van der Waals surface area (Å²) in [5, 5.41) is 0.623. The molecule has 0 saturated heterocycles. The number of hydrogen-bond donors (Lipinski definition) is 1. The Morgan fingerprint density at radius 3 is 2.67 bits per heavy atom. The summed E-state index contributed by atoms with van der Waals surface area (Å²) in [4.78, 5) is 8.06. The summed E-state index contributed by atoms with van der Waals surface area (Å²) < 4.78 is 5.73. The van der Waals surface area contributed by atoms with Gasteiger partial charge >= 0.3 is 0 Å². The van der Waals surface area contributed by atoms with Crippen molar-refractivity contribution in [1.82, 2.24) is 9.97 Å². The van der Waals surface area contributed by atoms with E-state index in [1.54, 1.807) is 18.2 Å². The Labute approximate surface area is 111 Å². The number of hydrogen-bond acceptors (Lipinski definition) is 4. The molecular formula is C13H14ClN3O. The number of nitrogens with two attached hydrogens (primary N) is 1. The second-order valence-electron chi connectivity index (χ2n) is 4.14. The molecule has 1 heterocycles. The number of nitrogen functional groups attached to an aromatic ring is 1. The van der Waals surface area contributed by atoms with Crippen molar-refractivity contribution in [2.45, 2.75) is 20.0 Å². The number of aromatic nitrogens is 2. The Kier molecular flexibility index (Phi) is 3.67. The summed E-state index contributed by atoms with van der Waals surface area (Å²) in [6, 6.07) is 7.11. The average Bonchev–Trinajstić information content (AvgIpc) is 2.31. The number of benzene rings is 1. The van der Waals surface area contributed by atoms with E-state index in [1.165, 1.54) is 6.33 Å². The fraction of sp³-hybridized carbons (Fsp3) is 0.231. The van der Waals surface area contributed by atoms with Crippen molar-refractivity contribution < 1.29 is 4.74 Å². The average molecular weight is 264 g/mol. The highest BCUT2D eigenvalue weighted by atomic mass is 35.5. The summed E-state index contributed by atoms with van der Waals surface area (Å²) >= 11 is 6.01. The standard InChI is InChI=1S/C13H14ClN3O/c1-8(2)18-12-4-3-9(14)5-10(12)11-6-13(15)17-7-16-11/h3-8H,1-2H3,(H2,15,16,17). The maximum Gasteiger partial charge on any atom is 0.129 e. The topological polar surface area (TPSA) is 61.0 Å². The zero-order chi connectivity index (χ0) is 13.1. The Bertz CT molecular complexity index is 558. The lowest BCUT2D eigenvalue weighted by Gasteiger charge is -2.14. The lowest BCUT2D eigenvalue weighted by molar-refractivity contribution is 0.243. The second-order valence-corrected chi connectivity index (χ2v) is 4.57. The minimum absolute atomic E-state index is 0.0732. The molecule has 0 aliphatic rings. The van der Waals surface area contributed by atoms with E-state index in [4.69, 9.17) is 22.1 Å². The van der Waals surface area contributed by atoms with Crippen LogP contribution >= 0.6 is 11.6 Å². The maximum atomic E-state index is 6.01. The number of ether oxygens (including phenoxy) is 1. The van der Waals surface area contributed by atoms with Crippen molar-refractivity contribution in [3.63, 3.8) is 0 Å². The van der Waals surface area contributed by atoms with Crippen molar-refractivity contribution in [2.24, 2.45) is 0 Å². The van der Waals surface area contributed by atoms with Gasteiger partial charge in [-0.3, -0.25) is 0 Å². The van der Waals surface area contributed by atoms with Crippen molar-refractivity contribution in [1.29, 1.82) is 0 Å². The normalized spacial score (nSPS) is 10.7. The monoisotopic (exact) mass is 263 g/mol. The number of rotatable bonds is 3. The SMILES string of the molecule is CC(C)Oc1ccc(Cl)cc1-c1cc(N)ncn1. The molecular weight excluding hydrogens is 250 g/mol. The fourth-order valence-electron chi connectivity index (χ4n) is 1.58. The van der Waals surface area contributed by atoms with Gasteiger partial charge in [0, 0.05) is 16.7 Å².